The number of esters is 2. The molecule has 382 valence electrons. The number of aromatic hydroxyl groups is 2. The van der Waals surface area contributed by atoms with E-state index >= 15 is 0 Å². The van der Waals surface area contributed by atoms with Crippen molar-refractivity contribution in [2.75, 3.05) is 40.6 Å². The lowest BCUT2D eigenvalue weighted by Crippen LogP contribution is -2.60. The maximum Gasteiger partial charge on any atom is 0.308 e. The van der Waals surface area contributed by atoms with Gasteiger partial charge in [0, 0.05) is 0 Å². The highest BCUT2D eigenvalue weighted by Crippen LogP contribution is 2.34. The second kappa shape index (κ2) is 24.5. The highest BCUT2D eigenvalue weighted by atomic mass is 16.7. The van der Waals surface area contributed by atoms with Gasteiger partial charge in [-0.3, -0.25) is 19.2 Å². The number of rotatable bonds is 25. The molecule has 0 spiro atoms. The first kappa shape index (κ1) is 55.6. The van der Waals surface area contributed by atoms with Gasteiger partial charge in [-0.05, 0) is 73.9 Å². The van der Waals surface area contributed by atoms with Gasteiger partial charge in [0.1, 0.15) is 62.0 Å². The number of hydrogen-bond donors (Lipinski definition) is 12. The molecule has 2 saturated heterocycles. The number of hydrogen-bond acceptors (Lipinski definition) is 22. The van der Waals surface area contributed by atoms with Crippen LogP contribution in [-0.4, -0.2) is 198 Å². The number of ether oxygens (including phenoxy) is 8. The fourth-order valence-electron chi connectivity index (χ4n) is 7.70. The molecule has 24 nitrogen and oxygen atoms in total. The third kappa shape index (κ3) is 16.1. The fraction of sp³-hybridized carbons (Fsp3) is 0.636. The van der Waals surface area contributed by atoms with Crippen molar-refractivity contribution in [2.24, 2.45) is 11.8 Å². The smallest absolute Gasteiger partial charge is 0.308 e. The Morgan fingerprint density at radius 2 is 0.926 bits per heavy atom. The third-order valence-corrected chi connectivity index (χ3v) is 11.4. The van der Waals surface area contributed by atoms with E-state index in [-0.39, 0.29) is 49.1 Å². The summed E-state index contributed by atoms with van der Waals surface area (Å²) >= 11 is 0. The van der Waals surface area contributed by atoms with Gasteiger partial charge in [0.25, 0.3) is 0 Å². The van der Waals surface area contributed by atoms with Crippen LogP contribution in [0.15, 0.2) is 36.4 Å². The molecule has 0 radical (unpaired) electrons. The van der Waals surface area contributed by atoms with Crippen molar-refractivity contribution >= 4 is 23.9 Å². The van der Waals surface area contributed by atoms with Gasteiger partial charge in [0.15, 0.2) is 35.6 Å². The van der Waals surface area contributed by atoms with Crippen LogP contribution >= 0.6 is 0 Å². The molecular formula is C44H62O24. The Bertz CT molecular complexity index is 1850. The predicted molar refractivity (Wildman–Crippen MR) is 226 cm³/mol. The summed E-state index contributed by atoms with van der Waals surface area (Å²) in [6.07, 6.45) is -20.5. The molecule has 14 atom stereocenters. The second-order valence-corrected chi connectivity index (χ2v) is 17.5. The van der Waals surface area contributed by atoms with E-state index in [0.29, 0.717) is 11.1 Å². The van der Waals surface area contributed by atoms with Crippen molar-refractivity contribution in [1.29, 1.82) is 0 Å². The van der Waals surface area contributed by atoms with E-state index in [2.05, 4.69) is 0 Å². The minimum atomic E-state index is -1.98. The molecule has 12 N–H and O–H groups in total. The first-order chi connectivity index (χ1) is 31.8. The molecular weight excluding hydrogens is 912 g/mol. The largest absolute Gasteiger partial charge is 0.504 e. The standard InChI is InChI=1S/C44H62O24/c1-43(59,13-31(47)48)15-33(51)63-19-29-35(53)37(55)39(57)41(67-29)65-17-23(9-21-5-7-25(45)27(11-21)61-3)24(10-22-6-8-26(46)28(12-22)62-4)18-66-42-40(58)38(56)36(54)30(68-42)20-64-34(52)16-44(2,60)14-32(49)50/h5-8,11-12,23-24,29-30,35-42,45-46,53-60H,9-10,13-20H2,1-4H3,(H,47,48)(H,49,50)/t23-,24-,29+,30+,35+,36+,37-,38-,39+,40+,41+,42+,43-,44-/m1/s1. The van der Waals surface area contributed by atoms with Crippen LogP contribution in [0.4, 0.5) is 0 Å². The highest BCUT2D eigenvalue weighted by Gasteiger charge is 2.47. The number of phenols is 2. The Hall–Kier alpha value is -4.96. The highest BCUT2D eigenvalue weighted by molar-refractivity contribution is 5.74. The molecule has 0 bridgehead atoms. The monoisotopic (exact) mass is 974 g/mol. The van der Waals surface area contributed by atoms with Crippen molar-refractivity contribution in [3.05, 3.63) is 47.5 Å². The van der Waals surface area contributed by atoms with Crippen molar-refractivity contribution in [2.45, 2.75) is 125 Å². The minimum Gasteiger partial charge on any atom is -0.504 e. The summed E-state index contributed by atoms with van der Waals surface area (Å²) in [7, 11) is 2.67. The number of carbonyl (C=O) groups excluding carboxylic acids is 2. The first-order valence-electron chi connectivity index (χ1n) is 21.4. The van der Waals surface area contributed by atoms with Gasteiger partial charge >= 0.3 is 23.9 Å². The van der Waals surface area contributed by atoms with Gasteiger partial charge in [-0.15, -0.1) is 0 Å². The summed E-state index contributed by atoms with van der Waals surface area (Å²) in [6, 6.07) is 8.98. The van der Waals surface area contributed by atoms with E-state index in [1.165, 1.54) is 38.5 Å². The molecule has 2 heterocycles. The Morgan fingerprint density at radius 1 is 0.574 bits per heavy atom. The van der Waals surface area contributed by atoms with Crippen LogP contribution in [0.1, 0.15) is 50.7 Å². The first-order valence-corrected chi connectivity index (χ1v) is 21.4. The van der Waals surface area contributed by atoms with Crippen LogP contribution in [0.3, 0.4) is 0 Å². The van der Waals surface area contributed by atoms with Gasteiger partial charge in [-0.2, -0.15) is 0 Å². The lowest BCUT2D eigenvalue weighted by atomic mass is 9.83. The number of methoxy groups -OCH3 is 2. The maximum absolute atomic E-state index is 12.5. The van der Waals surface area contributed by atoms with Gasteiger partial charge in [-0.1, -0.05) is 12.1 Å². The number of carboxylic acid groups (broad SMARTS) is 2. The normalized spacial score (nSPS) is 27.7. The van der Waals surface area contributed by atoms with Crippen LogP contribution < -0.4 is 9.47 Å². The van der Waals surface area contributed by atoms with E-state index in [0.717, 1.165) is 13.8 Å². The Kier molecular flexibility index (Phi) is 20.1. The van der Waals surface area contributed by atoms with Crippen LogP contribution in [0.25, 0.3) is 0 Å². The Labute approximate surface area is 389 Å². The number of carbonyl (C=O) groups is 4. The van der Waals surface area contributed by atoms with Gasteiger partial charge in [-0.25, -0.2) is 0 Å². The summed E-state index contributed by atoms with van der Waals surface area (Å²) in [4.78, 5) is 47.2. The second-order valence-electron chi connectivity index (χ2n) is 17.5. The zero-order valence-electron chi connectivity index (χ0n) is 37.7. The molecule has 2 aliphatic heterocycles. The van der Waals surface area contributed by atoms with E-state index in [9.17, 15) is 70.2 Å². The molecule has 0 aliphatic carbocycles. The topological polar surface area (TPSA) is 385 Å². The van der Waals surface area contributed by atoms with Crippen LogP contribution in [0, 0.1) is 11.8 Å². The number of aliphatic hydroxyl groups is 8. The summed E-state index contributed by atoms with van der Waals surface area (Å²) in [6.45, 7) is 0.0502. The summed E-state index contributed by atoms with van der Waals surface area (Å²) in [5, 5.41) is 125. The van der Waals surface area contributed by atoms with Crippen molar-refractivity contribution in [3.63, 3.8) is 0 Å². The van der Waals surface area contributed by atoms with E-state index in [4.69, 9.17) is 48.1 Å². The molecule has 2 fully saturated rings. The minimum absolute atomic E-state index is 0.0742. The summed E-state index contributed by atoms with van der Waals surface area (Å²) < 4.78 is 44.6. The van der Waals surface area contributed by atoms with Gasteiger partial charge in [0.05, 0.1) is 64.3 Å². The predicted octanol–water partition coefficient (Wildman–Crippen LogP) is -1.90. The van der Waals surface area contributed by atoms with E-state index < -0.39 is 147 Å². The van der Waals surface area contributed by atoms with Crippen molar-refractivity contribution in [1.82, 2.24) is 0 Å². The molecule has 2 aromatic carbocycles. The SMILES string of the molecule is COc1cc(C[C@H](CO[C@H]2O[C@@H](COC(=O)C[C@](C)(O)CC(=O)O)[C@H](O)[C@@H](O)[C@@H]2O)[C@@H](CO[C@H]2O[C@@H](COC(=O)C[C@](C)(O)CC(=O)O)[C@H](O)[C@@H](O)[C@@H]2O)Cc2ccc(O)c(OC)c2)ccc1O. The third-order valence-electron chi connectivity index (χ3n) is 11.4. The molecule has 0 aromatic heterocycles. The zero-order valence-corrected chi connectivity index (χ0v) is 37.7. The number of aliphatic carboxylic acids is 2. The van der Waals surface area contributed by atoms with E-state index in [1.54, 1.807) is 12.1 Å². The zero-order chi connectivity index (χ0) is 50.7. The lowest BCUT2D eigenvalue weighted by Gasteiger charge is -2.41. The number of carboxylic acids is 2. The molecule has 2 aliphatic rings. The average Bonchev–Trinajstić information content (AvgIpc) is 3.25. The van der Waals surface area contributed by atoms with Crippen LogP contribution in [0.5, 0.6) is 23.0 Å². The van der Waals surface area contributed by atoms with Crippen molar-refractivity contribution < 1.29 is 118 Å². The fourth-order valence-corrected chi connectivity index (χ4v) is 7.70. The quantitative estimate of drug-likeness (QED) is 0.0483. The number of benzene rings is 2. The Morgan fingerprint density at radius 3 is 1.25 bits per heavy atom. The Balaban J connectivity index is 1.62. The molecule has 4 rings (SSSR count). The molecule has 24 heteroatoms. The molecule has 2 aromatic rings. The van der Waals surface area contributed by atoms with Crippen LogP contribution in [0.2, 0.25) is 0 Å². The molecule has 0 saturated carbocycles. The van der Waals surface area contributed by atoms with Gasteiger partial charge < -0.3 is 99.2 Å². The van der Waals surface area contributed by atoms with Crippen molar-refractivity contribution in [3.8, 4) is 23.0 Å². The summed E-state index contributed by atoms with van der Waals surface area (Å²) in [5.41, 5.74) is -2.84. The van der Waals surface area contributed by atoms with Crippen LogP contribution in [-0.2, 0) is 60.4 Å². The molecule has 68 heavy (non-hydrogen) atoms. The molecule has 0 amide bonds. The molecule has 0 unspecified atom stereocenters. The van der Waals surface area contributed by atoms with Gasteiger partial charge in [0.2, 0.25) is 0 Å². The van der Waals surface area contributed by atoms with E-state index in [1.807, 2.05) is 0 Å². The lowest BCUT2D eigenvalue weighted by molar-refractivity contribution is -0.309. The maximum atomic E-state index is 12.5. The average molecular weight is 975 g/mol. The summed E-state index contributed by atoms with van der Waals surface area (Å²) in [5.74, 6) is -6.56. The number of phenolic OH excluding ortho intramolecular Hbond substituents is 2. The number of aliphatic hydroxyl groups excluding tert-OH is 6.